The average Bonchev–Trinajstić information content (AvgIpc) is 2.82. The summed E-state index contributed by atoms with van der Waals surface area (Å²) in [4.78, 5) is 0. The molecule has 2 rings (SSSR count). The highest BCUT2D eigenvalue weighted by atomic mass is 16.6. The van der Waals surface area contributed by atoms with Gasteiger partial charge in [0.1, 0.15) is 24.4 Å². The van der Waals surface area contributed by atoms with Crippen LogP contribution in [0, 0.1) is 0 Å². The lowest BCUT2D eigenvalue weighted by molar-refractivity contribution is -0.103. The smallest absolute Gasteiger partial charge is 0.115 e. The van der Waals surface area contributed by atoms with Crippen LogP contribution in [0.25, 0.3) is 0 Å². The zero-order valence-corrected chi connectivity index (χ0v) is 11.8. The molecule has 0 amide bonds. The number of aliphatic hydroxyl groups excluding tert-OH is 3. The van der Waals surface area contributed by atoms with Crippen LogP contribution in [0.4, 0.5) is 0 Å². The second kappa shape index (κ2) is 7.68. The molecule has 1 fully saturated rings. The van der Waals surface area contributed by atoms with Gasteiger partial charge in [-0.3, -0.25) is 0 Å². The van der Waals surface area contributed by atoms with Gasteiger partial charge < -0.3 is 24.8 Å². The quantitative estimate of drug-likeness (QED) is 0.643. The van der Waals surface area contributed by atoms with E-state index in [0.29, 0.717) is 13.0 Å². The van der Waals surface area contributed by atoms with Crippen molar-refractivity contribution >= 4 is 0 Å². The Hall–Kier alpha value is -1.24. The molecule has 1 aliphatic rings. The average molecular weight is 294 g/mol. The summed E-state index contributed by atoms with van der Waals surface area (Å²) in [5.41, 5.74) is 0.967. The zero-order valence-electron chi connectivity index (χ0n) is 11.8. The van der Waals surface area contributed by atoms with Gasteiger partial charge in [0, 0.05) is 0 Å². The molecule has 0 bridgehead atoms. The monoisotopic (exact) mass is 294 g/mol. The van der Waals surface area contributed by atoms with Crippen LogP contribution in [0.15, 0.2) is 43.0 Å². The standard InChI is InChI=1S/C16H22O5/c1-2-6-13-14(19)16(15(21-13)12(18)9-17)20-10-11-7-4-3-5-8-11/h2-5,7-8,12-19H,1,6,9-10H2/t12-,13+,14+,15-,16-/m1/s1. The van der Waals surface area contributed by atoms with Crippen LogP contribution in [0.2, 0.25) is 0 Å². The third-order valence-electron chi connectivity index (χ3n) is 3.62. The van der Waals surface area contributed by atoms with Gasteiger partial charge in [0.25, 0.3) is 0 Å². The second-order valence-electron chi connectivity index (χ2n) is 5.17. The number of aliphatic hydroxyl groups is 3. The van der Waals surface area contributed by atoms with Crippen LogP contribution in [0.1, 0.15) is 12.0 Å². The van der Waals surface area contributed by atoms with Gasteiger partial charge in [-0.25, -0.2) is 0 Å². The normalized spacial score (nSPS) is 30.2. The van der Waals surface area contributed by atoms with Gasteiger partial charge in [-0.15, -0.1) is 6.58 Å². The summed E-state index contributed by atoms with van der Waals surface area (Å²) < 4.78 is 11.3. The molecule has 1 aliphatic heterocycles. The van der Waals surface area contributed by atoms with Crippen molar-refractivity contribution in [2.75, 3.05) is 6.61 Å². The number of hydrogen-bond acceptors (Lipinski definition) is 5. The molecule has 1 saturated heterocycles. The van der Waals surface area contributed by atoms with E-state index in [4.69, 9.17) is 14.6 Å². The highest BCUT2D eigenvalue weighted by molar-refractivity contribution is 5.13. The molecule has 1 aromatic carbocycles. The topological polar surface area (TPSA) is 79.2 Å². The highest BCUT2D eigenvalue weighted by Crippen LogP contribution is 2.29. The molecule has 116 valence electrons. The molecule has 3 N–H and O–H groups in total. The Morgan fingerprint density at radius 1 is 1.33 bits per heavy atom. The summed E-state index contributed by atoms with van der Waals surface area (Å²) in [6.07, 6.45) is -1.75. The number of benzene rings is 1. The molecule has 0 aromatic heterocycles. The van der Waals surface area contributed by atoms with E-state index >= 15 is 0 Å². The lowest BCUT2D eigenvalue weighted by Gasteiger charge is -2.23. The largest absolute Gasteiger partial charge is 0.394 e. The first-order valence-electron chi connectivity index (χ1n) is 7.06. The van der Waals surface area contributed by atoms with E-state index in [9.17, 15) is 10.2 Å². The lowest BCUT2D eigenvalue weighted by atomic mass is 10.0. The Bertz CT molecular complexity index is 436. The lowest BCUT2D eigenvalue weighted by Crippen LogP contribution is -2.42. The van der Waals surface area contributed by atoms with Gasteiger partial charge in [0.15, 0.2) is 0 Å². The van der Waals surface area contributed by atoms with Crippen molar-refractivity contribution in [2.24, 2.45) is 0 Å². The first-order chi connectivity index (χ1) is 10.2. The predicted octanol–water partition coefficient (Wildman–Crippen LogP) is 0.629. The molecule has 5 heteroatoms. The number of rotatable bonds is 7. The number of hydrogen-bond donors (Lipinski definition) is 3. The fraction of sp³-hybridized carbons (Fsp3) is 0.500. The molecular formula is C16H22O5. The Kier molecular flexibility index (Phi) is 5.90. The zero-order chi connectivity index (χ0) is 15.2. The van der Waals surface area contributed by atoms with Crippen LogP contribution in [0.5, 0.6) is 0 Å². The molecule has 0 saturated carbocycles. The van der Waals surface area contributed by atoms with E-state index in [1.54, 1.807) is 6.08 Å². The van der Waals surface area contributed by atoms with Crippen LogP contribution < -0.4 is 0 Å². The molecule has 21 heavy (non-hydrogen) atoms. The van der Waals surface area contributed by atoms with Crippen molar-refractivity contribution < 1.29 is 24.8 Å². The third kappa shape index (κ3) is 3.90. The fourth-order valence-electron chi connectivity index (χ4n) is 2.50. The van der Waals surface area contributed by atoms with Gasteiger partial charge in [0.05, 0.1) is 19.3 Å². The van der Waals surface area contributed by atoms with Gasteiger partial charge in [0.2, 0.25) is 0 Å². The fourth-order valence-corrected chi connectivity index (χ4v) is 2.50. The molecule has 0 spiro atoms. The summed E-state index contributed by atoms with van der Waals surface area (Å²) in [5.74, 6) is 0. The summed E-state index contributed by atoms with van der Waals surface area (Å²) in [7, 11) is 0. The third-order valence-corrected chi connectivity index (χ3v) is 3.62. The Morgan fingerprint density at radius 3 is 2.67 bits per heavy atom. The minimum Gasteiger partial charge on any atom is -0.394 e. The van der Waals surface area contributed by atoms with Gasteiger partial charge in [-0.1, -0.05) is 36.4 Å². The minimum atomic E-state index is -1.09. The minimum absolute atomic E-state index is 0.307. The Morgan fingerprint density at radius 2 is 2.05 bits per heavy atom. The van der Waals surface area contributed by atoms with Crippen LogP contribution in [-0.4, -0.2) is 52.4 Å². The SMILES string of the molecule is C=CC[C@@H]1O[C@H]([C@H](O)CO)[C@H](OCc2ccccc2)[C@H]1O. The second-order valence-corrected chi connectivity index (χ2v) is 5.17. The maximum Gasteiger partial charge on any atom is 0.115 e. The molecule has 5 atom stereocenters. The van der Waals surface area contributed by atoms with Crippen LogP contribution in [-0.2, 0) is 16.1 Å². The molecule has 1 aromatic rings. The van der Waals surface area contributed by atoms with Crippen molar-refractivity contribution in [1.82, 2.24) is 0 Å². The Balaban J connectivity index is 2.03. The van der Waals surface area contributed by atoms with Crippen molar-refractivity contribution in [2.45, 2.75) is 43.5 Å². The molecule has 0 unspecified atom stereocenters. The van der Waals surface area contributed by atoms with E-state index in [-0.39, 0.29) is 0 Å². The van der Waals surface area contributed by atoms with Gasteiger partial charge in [-0.05, 0) is 12.0 Å². The van der Waals surface area contributed by atoms with Crippen molar-refractivity contribution in [3.63, 3.8) is 0 Å². The van der Waals surface area contributed by atoms with E-state index in [1.165, 1.54) is 0 Å². The van der Waals surface area contributed by atoms with Crippen molar-refractivity contribution in [1.29, 1.82) is 0 Å². The first-order valence-corrected chi connectivity index (χ1v) is 7.06. The summed E-state index contributed by atoms with van der Waals surface area (Å²) in [6, 6.07) is 9.55. The van der Waals surface area contributed by atoms with Gasteiger partial charge >= 0.3 is 0 Å². The van der Waals surface area contributed by atoms with Crippen LogP contribution >= 0.6 is 0 Å². The molecule has 1 heterocycles. The van der Waals surface area contributed by atoms with Gasteiger partial charge in [-0.2, -0.15) is 0 Å². The van der Waals surface area contributed by atoms with Crippen molar-refractivity contribution in [3.8, 4) is 0 Å². The molecule has 0 radical (unpaired) electrons. The van der Waals surface area contributed by atoms with E-state index in [2.05, 4.69) is 6.58 Å². The maximum atomic E-state index is 10.3. The first kappa shape index (κ1) is 16.1. The predicted molar refractivity (Wildman–Crippen MR) is 77.6 cm³/mol. The van der Waals surface area contributed by atoms with E-state index < -0.39 is 37.1 Å². The van der Waals surface area contributed by atoms with E-state index in [1.807, 2.05) is 30.3 Å². The van der Waals surface area contributed by atoms with Crippen LogP contribution in [0.3, 0.4) is 0 Å². The maximum absolute atomic E-state index is 10.3. The summed E-state index contributed by atoms with van der Waals surface area (Å²) >= 11 is 0. The Labute approximate surface area is 124 Å². The van der Waals surface area contributed by atoms with Crippen molar-refractivity contribution in [3.05, 3.63) is 48.6 Å². The molecular weight excluding hydrogens is 272 g/mol. The molecule has 0 aliphatic carbocycles. The highest BCUT2D eigenvalue weighted by Gasteiger charge is 2.46. The summed E-state index contributed by atoms with van der Waals surface area (Å²) in [6.45, 7) is 3.49. The molecule has 5 nitrogen and oxygen atoms in total. The summed E-state index contributed by atoms with van der Waals surface area (Å²) in [5, 5.41) is 29.2. The van der Waals surface area contributed by atoms with E-state index in [0.717, 1.165) is 5.56 Å². The number of ether oxygens (including phenoxy) is 2.